The number of carbonyl (C=O) groups is 2. The Balaban J connectivity index is 1.64. The van der Waals surface area contributed by atoms with E-state index in [0.717, 1.165) is 41.6 Å². The summed E-state index contributed by atoms with van der Waals surface area (Å²) in [6.45, 7) is 19.9. The Hall–Kier alpha value is -3.32. The van der Waals surface area contributed by atoms with Crippen LogP contribution in [-0.4, -0.2) is 62.7 Å². The average Bonchev–Trinajstić information content (AvgIpc) is 3.64. The molecule has 0 radical (unpaired) electrons. The minimum Gasteiger partial charge on any atom is -0.461 e. The molecule has 2 saturated carbocycles. The molecule has 5 unspecified atom stereocenters. The molecule has 292 valence electrons. The van der Waals surface area contributed by atoms with E-state index in [1.54, 1.807) is 13.0 Å². The van der Waals surface area contributed by atoms with Gasteiger partial charge >= 0.3 is 5.97 Å². The predicted octanol–water partition coefficient (Wildman–Crippen LogP) is 9.23. The van der Waals surface area contributed by atoms with Gasteiger partial charge in [0.2, 0.25) is 0 Å². The van der Waals surface area contributed by atoms with Gasteiger partial charge < -0.3 is 24.8 Å². The fraction of sp³-hybridized carbons (Fsp3) is 0.587. The molecular formula is C46H66O7. The number of unbranched alkanes of at least 4 members (excludes halogenated alkanes) is 2. The second-order valence-electron chi connectivity index (χ2n) is 17.2. The number of rotatable bonds is 16. The lowest BCUT2D eigenvalue weighted by Crippen LogP contribution is -2.48. The maximum atomic E-state index is 13.1. The Labute approximate surface area is 319 Å². The van der Waals surface area contributed by atoms with E-state index in [0.29, 0.717) is 37.7 Å². The number of aliphatic hydroxyl groups excluding tert-OH is 2. The van der Waals surface area contributed by atoms with Crippen molar-refractivity contribution >= 4 is 11.8 Å². The van der Waals surface area contributed by atoms with E-state index < -0.39 is 34.4 Å². The number of epoxide rings is 1. The first-order valence-corrected chi connectivity index (χ1v) is 19.4. The van der Waals surface area contributed by atoms with Gasteiger partial charge in [-0.1, -0.05) is 119 Å². The lowest BCUT2D eigenvalue weighted by atomic mass is 9.61. The van der Waals surface area contributed by atoms with Crippen LogP contribution in [-0.2, 0) is 19.1 Å². The van der Waals surface area contributed by atoms with Gasteiger partial charge in [0.25, 0.3) is 0 Å². The number of aliphatic hydroxyl groups is 3. The molecule has 0 aromatic rings. The number of ketones is 1. The summed E-state index contributed by atoms with van der Waals surface area (Å²) in [7, 11) is 0. The zero-order chi connectivity index (χ0) is 39.7. The number of hydrogen-bond acceptors (Lipinski definition) is 7. The lowest BCUT2D eigenvalue weighted by Gasteiger charge is -2.43. The predicted molar refractivity (Wildman–Crippen MR) is 214 cm³/mol. The molecule has 3 N–H and O–H groups in total. The molecular weight excluding hydrogens is 664 g/mol. The highest BCUT2D eigenvalue weighted by atomic mass is 16.6. The molecule has 5 atom stereocenters. The summed E-state index contributed by atoms with van der Waals surface area (Å²) in [6.07, 6.45) is 25.7. The standard InChI is InChI=1S/C46H66O7/c1-11-12-13-24-41(50)52-32-36(25-26-40-42(5,6)27-37(47)29-44(40,9)51)23-17-21-34(3)19-15-14-18-33(2)20-16-22-35(4)39(49)31-46-43(7,8)28-38(48)30-45(46,10)53-46/h14-23,25,37-38,47-48,51H,11-13,24,27-32H2,1-10H3. The van der Waals surface area contributed by atoms with Crippen molar-refractivity contribution in [1.29, 1.82) is 0 Å². The summed E-state index contributed by atoms with van der Waals surface area (Å²) in [6, 6.07) is 0. The first kappa shape index (κ1) is 44.1. The van der Waals surface area contributed by atoms with Gasteiger partial charge in [-0.3, -0.25) is 9.59 Å². The van der Waals surface area contributed by atoms with E-state index >= 15 is 0 Å². The summed E-state index contributed by atoms with van der Waals surface area (Å²) in [5.41, 5.74) is 4.63. The number of fused-ring (bicyclic) bond motifs is 1. The lowest BCUT2D eigenvalue weighted by molar-refractivity contribution is -0.142. The number of esters is 1. The van der Waals surface area contributed by atoms with Gasteiger partial charge in [-0.2, -0.15) is 0 Å². The second-order valence-corrected chi connectivity index (χ2v) is 17.2. The zero-order valence-corrected chi connectivity index (χ0v) is 34.1. The van der Waals surface area contributed by atoms with Crippen LogP contribution in [0.2, 0.25) is 0 Å². The molecule has 0 bridgehead atoms. The molecule has 1 saturated heterocycles. The van der Waals surface area contributed by atoms with Crippen LogP contribution in [0.25, 0.3) is 0 Å². The zero-order valence-electron chi connectivity index (χ0n) is 34.1. The first-order valence-electron chi connectivity index (χ1n) is 19.4. The average molecular weight is 731 g/mol. The van der Waals surface area contributed by atoms with Gasteiger partial charge in [-0.25, -0.2) is 0 Å². The van der Waals surface area contributed by atoms with Gasteiger partial charge in [0.1, 0.15) is 12.2 Å². The highest BCUT2D eigenvalue weighted by molar-refractivity contribution is 5.96. The van der Waals surface area contributed by atoms with Gasteiger partial charge in [0, 0.05) is 31.3 Å². The normalized spacial score (nSPS) is 30.5. The maximum absolute atomic E-state index is 13.1. The molecule has 0 amide bonds. The van der Waals surface area contributed by atoms with Crippen LogP contribution < -0.4 is 0 Å². The summed E-state index contributed by atoms with van der Waals surface area (Å²) in [4.78, 5) is 25.5. The Bertz CT molecular complexity index is 1600. The van der Waals surface area contributed by atoms with Gasteiger partial charge in [0.15, 0.2) is 5.78 Å². The maximum Gasteiger partial charge on any atom is 0.306 e. The molecule has 1 heterocycles. The number of ether oxygens (including phenoxy) is 2. The molecule has 7 heteroatoms. The fourth-order valence-corrected chi connectivity index (χ4v) is 8.27. The number of allylic oxidation sites excluding steroid dienone is 13. The van der Waals surface area contributed by atoms with Crippen LogP contribution in [0.15, 0.2) is 100 Å². The monoisotopic (exact) mass is 730 g/mol. The van der Waals surface area contributed by atoms with Crippen LogP contribution in [0.3, 0.4) is 0 Å². The number of hydrogen-bond donors (Lipinski definition) is 3. The molecule has 53 heavy (non-hydrogen) atoms. The molecule has 0 spiro atoms. The molecule has 2 aliphatic carbocycles. The number of carbonyl (C=O) groups excluding carboxylic acids is 2. The van der Waals surface area contributed by atoms with Gasteiger partial charge in [0.05, 0.1) is 23.4 Å². The Kier molecular flexibility index (Phi) is 15.3. The quantitative estimate of drug-likeness (QED) is 0.0362. The van der Waals surface area contributed by atoms with Crippen LogP contribution >= 0.6 is 0 Å². The third-order valence-electron chi connectivity index (χ3n) is 11.1. The largest absolute Gasteiger partial charge is 0.461 e. The van der Waals surface area contributed by atoms with Crippen LogP contribution in [0, 0.1) is 10.8 Å². The van der Waals surface area contributed by atoms with Gasteiger partial charge in [-0.05, 0) is 81.9 Å². The molecule has 0 aromatic carbocycles. The molecule has 3 fully saturated rings. The van der Waals surface area contributed by atoms with Crippen molar-refractivity contribution in [3.8, 4) is 0 Å². The van der Waals surface area contributed by atoms with E-state index in [9.17, 15) is 24.9 Å². The SMILES string of the molecule is CCCCCC(=O)OCC(C=C=C1C(C)(C)CC(O)CC1(C)O)=CC=CC(C)=CC=CC=C(C)C=CC=C(C)C(=O)CC12OC1(C)CC(O)CC2(C)C. The third kappa shape index (κ3) is 12.1. The molecule has 3 aliphatic rings. The molecule has 3 rings (SSSR count). The Morgan fingerprint density at radius 1 is 0.830 bits per heavy atom. The van der Waals surface area contributed by atoms with E-state index in [4.69, 9.17) is 9.47 Å². The Morgan fingerprint density at radius 2 is 1.43 bits per heavy atom. The number of Topliss-reactive ketones (excluding diaryl/α,β-unsaturated/α-hetero) is 1. The molecule has 7 nitrogen and oxygen atoms in total. The third-order valence-corrected chi connectivity index (χ3v) is 11.1. The van der Waals surface area contributed by atoms with E-state index in [2.05, 4.69) is 26.5 Å². The minimum absolute atomic E-state index is 0.0681. The molecule has 0 aromatic heterocycles. The first-order chi connectivity index (χ1) is 24.7. The van der Waals surface area contributed by atoms with E-state index in [1.807, 2.05) is 102 Å². The van der Waals surface area contributed by atoms with E-state index in [-0.39, 0.29) is 30.2 Å². The van der Waals surface area contributed by atoms with Gasteiger partial charge in [-0.15, -0.1) is 5.73 Å². The smallest absolute Gasteiger partial charge is 0.306 e. The van der Waals surface area contributed by atoms with Crippen molar-refractivity contribution in [3.63, 3.8) is 0 Å². The van der Waals surface area contributed by atoms with Crippen LogP contribution in [0.5, 0.6) is 0 Å². The Morgan fingerprint density at radius 3 is 2.02 bits per heavy atom. The summed E-state index contributed by atoms with van der Waals surface area (Å²) < 4.78 is 11.8. The van der Waals surface area contributed by atoms with E-state index in [1.165, 1.54) is 0 Å². The van der Waals surface area contributed by atoms with Crippen molar-refractivity contribution in [2.45, 2.75) is 156 Å². The van der Waals surface area contributed by atoms with Crippen molar-refractivity contribution in [3.05, 3.63) is 100 Å². The van der Waals surface area contributed by atoms with Crippen molar-refractivity contribution in [1.82, 2.24) is 0 Å². The summed E-state index contributed by atoms with van der Waals surface area (Å²) >= 11 is 0. The summed E-state index contributed by atoms with van der Waals surface area (Å²) in [5.74, 6) is -0.165. The highest BCUT2D eigenvalue weighted by Crippen LogP contribution is 2.67. The van der Waals surface area contributed by atoms with Crippen molar-refractivity contribution < 1.29 is 34.4 Å². The van der Waals surface area contributed by atoms with Crippen LogP contribution in [0.4, 0.5) is 0 Å². The highest BCUT2D eigenvalue weighted by Gasteiger charge is 2.76. The van der Waals surface area contributed by atoms with Crippen molar-refractivity contribution in [2.24, 2.45) is 10.8 Å². The summed E-state index contributed by atoms with van der Waals surface area (Å²) in [5, 5.41) is 31.7. The van der Waals surface area contributed by atoms with Crippen molar-refractivity contribution in [2.75, 3.05) is 6.61 Å². The fourth-order valence-electron chi connectivity index (χ4n) is 8.27. The minimum atomic E-state index is -1.19. The van der Waals surface area contributed by atoms with Crippen LogP contribution in [0.1, 0.15) is 127 Å². The second kappa shape index (κ2) is 18.3. The molecule has 1 aliphatic heterocycles. The topological polar surface area (TPSA) is 117 Å².